The zero-order valence-corrected chi connectivity index (χ0v) is 17.5. The number of nitro groups is 1. The molecule has 1 aliphatic heterocycles. The smallest absolute Gasteiger partial charge is 0.337 e. The molecule has 31 heavy (non-hydrogen) atoms. The van der Waals surface area contributed by atoms with E-state index < -0.39 is 16.8 Å². The molecule has 3 N–H and O–H groups in total. The van der Waals surface area contributed by atoms with Crippen LogP contribution in [-0.4, -0.2) is 53.3 Å². The van der Waals surface area contributed by atoms with Crippen molar-refractivity contribution in [3.8, 4) is 0 Å². The maximum atomic E-state index is 12.5. The Labute approximate surface area is 186 Å². The van der Waals surface area contributed by atoms with E-state index in [0.717, 1.165) is 0 Å². The van der Waals surface area contributed by atoms with Crippen molar-refractivity contribution < 1.29 is 24.4 Å². The van der Waals surface area contributed by atoms with Gasteiger partial charge >= 0.3 is 5.97 Å². The molecule has 0 unspecified atom stereocenters. The van der Waals surface area contributed by atoms with Crippen LogP contribution in [0.2, 0.25) is 5.02 Å². The SMILES string of the molecule is O=C(NC(=S)Nc1ccc(C(=O)O)c(Cl)c1)c1ccc(N2CCOCC2)c([N+](=O)[O-])c1. The van der Waals surface area contributed by atoms with Gasteiger partial charge in [-0.05, 0) is 42.5 Å². The van der Waals surface area contributed by atoms with E-state index in [4.69, 9.17) is 33.7 Å². The summed E-state index contributed by atoms with van der Waals surface area (Å²) in [6, 6.07) is 8.29. The van der Waals surface area contributed by atoms with Gasteiger partial charge in [-0.3, -0.25) is 20.2 Å². The van der Waals surface area contributed by atoms with Crippen molar-refractivity contribution in [2.45, 2.75) is 0 Å². The normalized spacial score (nSPS) is 13.4. The Kier molecular flexibility index (Phi) is 7.00. The molecule has 0 spiro atoms. The monoisotopic (exact) mass is 464 g/mol. The van der Waals surface area contributed by atoms with Crippen LogP contribution in [0.3, 0.4) is 0 Å². The van der Waals surface area contributed by atoms with E-state index in [1.165, 1.54) is 36.4 Å². The summed E-state index contributed by atoms with van der Waals surface area (Å²) in [5, 5.41) is 25.6. The largest absolute Gasteiger partial charge is 0.478 e. The predicted molar refractivity (Wildman–Crippen MR) is 118 cm³/mol. The minimum absolute atomic E-state index is 0.000882. The number of nitrogens with zero attached hydrogens (tertiary/aromatic N) is 2. The van der Waals surface area contributed by atoms with Gasteiger partial charge in [0.1, 0.15) is 5.69 Å². The van der Waals surface area contributed by atoms with Crippen LogP contribution in [0, 0.1) is 10.1 Å². The first kappa shape index (κ1) is 22.4. The van der Waals surface area contributed by atoms with Gasteiger partial charge in [0, 0.05) is 30.4 Å². The molecule has 0 radical (unpaired) electrons. The maximum absolute atomic E-state index is 12.5. The number of nitro benzene ring substituents is 1. The molecule has 162 valence electrons. The molecule has 0 atom stereocenters. The molecule has 1 amide bonds. The number of carboxylic acids is 1. The van der Waals surface area contributed by atoms with Crippen molar-refractivity contribution in [1.29, 1.82) is 0 Å². The summed E-state index contributed by atoms with van der Waals surface area (Å²) in [5.74, 6) is -1.81. The van der Waals surface area contributed by atoms with Gasteiger partial charge in [-0.2, -0.15) is 0 Å². The lowest BCUT2D eigenvalue weighted by atomic mass is 10.1. The molecule has 10 nitrogen and oxygen atoms in total. The Hall–Kier alpha value is -3.28. The molecule has 0 bridgehead atoms. The van der Waals surface area contributed by atoms with Gasteiger partial charge in [0.05, 0.1) is 28.7 Å². The number of morpholine rings is 1. The molecule has 0 aliphatic carbocycles. The lowest BCUT2D eigenvalue weighted by Crippen LogP contribution is -2.37. The molecule has 0 saturated carbocycles. The van der Waals surface area contributed by atoms with E-state index in [1.54, 1.807) is 0 Å². The average Bonchev–Trinajstić information content (AvgIpc) is 2.73. The summed E-state index contributed by atoms with van der Waals surface area (Å²) >= 11 is 11.0. The van der Waals surface area contributed by atoms with E-state index >= 15 is 0 Å². The number of rotatable bonds is 5. The second-order valence-electron chi connectivity index (χ2n) is 6.47. The number of nitrogens with one attached hydrogen (secondary N) is 2. The van der Waals surface area contributed by atoms with Crippen molar-refractivity contribution >= 4 is 57.9 Å². The third-order valence-corrected chi connectivity index (χ3v) is 4.99. The fourth-order valence-corrected chi connectivity index (χ4v) is 3.46. The minimum Gasteiger partial charge on any atom is -0.478 e. The molecular weight excluding hydrogens is 448 g/mol. The van der Waals surface area contributed by atoms with Crippen LogP contribution in [0.4, 0.5) is 17.1 Å². The van der Waals surface area contributed by atoms with Crippen LogP contribution in [-0.2, 0) is 4.74 Å². The topological polar surface area (TPSA) is 134 Å². The van der Waals surface area contributed by atoms with E-state index in [9.17, 15) is 19.7 Å². The van der Waals surface area contributed by atoms with Crippen LogP contribution in [0.5, 0.6) is 0 Å². The molecule has 2 aromatic carbocycles. The summed E-state index contributed by atoms with van der Waals surface area (Å²) in [6.45, 7) is 1.97. The molecule has 2 aromatic rings. The average molecular weight is 465 g/mol. The fourth-order valence-electron chi connectivity index (χ4n) is 2.99. The lowest BCUT2D eigenvalue weighted by molar-refractivity contribution is -0.384. The predicted octanol–water partition coefficient (Wildman–Crippen LogP) is 2.91. The van der Waals surface area contributed by atoms with E-state index in [1.807, 2.05) is 4.90 Å². The van der Waals surface area contributed by atoms with Crippen LogP contribution in [0.15, 0.2) is 36.4 Å². The van der Waals surface area contributed by atoms with Crippen LogP contribution >= 0.6 is 23.8 Å². The molecule has 12 heteroatoms. The number of ether oxygens (including phenoxy) is 1. The fraction of sp³-hybridized carbons (Fsp3) is 0.211. The van der Waals surface area contributed by atoms with Crippen molar-refractivity contribution in [1.82, 2.24) is 5.32 Å². The number of anilines is 2. The first-order chi connectivity index (χ1) is 14.8. The molecule has 1 aliphatic rings. The summed E-state index contributed by atoms with van der Waals surface area (Å²) in [5.41, 5.74) is 0.582. The first-order valence-electron chi connectivity index (χ1n) is 9.02. The van der Waals surface area contributed by atoms with Gasteiger partial charge in [-0.1, -0.05) is 11.6 Å². The van der Waals surface area contributed by atoms with Gasteiger partial charge in [0.2, 0.25) is 0 Å². The highest BCUT2D eigenvalue weighted by Crippen LogP contribution is 2.30. The number of carbonyl (C=O) groups excluding carboxylic acids is 1. The third kappa shape index (κ3) is 5.45. The maximum Gasteiger partial charge on any atom is 0.337 e. The van der Waals surface area contributed by atoms with E-state index in [2.05, 4.69) is 10.6 Å². The highest BCUT2D eigenvalue weighted by molar-refractivity contribution is 7.80. The number of thiocarbonyl (C=S) groups is 1. The van der Waals surface area contributed by atoms with Gasteiger partial charge in [-0.25, -0.2) is 4.79 Å². The number of aromatic carboxylic acids is 1. The van der Waals surface area contributed by atoms with Gasteiger partial charge in [0.15, 0.2) is 5.11 Å². The second kappa shape index (κ2) is 9.69. The van der Waals surface area contributed by atoms with Crippen LogP contribution < -0.4 is 15.5 Å². The highest BCUT2D eigenvalue weighted by atomic mass is 35.5. The third-order valence-electron chi connectivity index (χ3n) is 4.47. The van der Waals surface area contributed by atoms with Gasteiger partial charge in [-0.15, -0.1) is 0 Å². The Morgan fingerprint density at radius 1 is 1.19 bits per heavy atom. The number of carboxylic acid groups (broad SMARTS) is 1. The first-order valence-corrected chi connectivity index (χ1v) is 9.81. The number of amides is 1. The zero-order valence-electron chi connectivity index (χ0n) is 16.0. The summed E-state index contributed by atoms with van der Waals surface area (Å²) in [6.07, 6.45) is 0. The Balaban J connectivity index is 1.71. The number of hydrogen-bond acceptors (Lipinski definition) is 7. The molecule has 3 rings (SSSR count). The Morgan fingerprint density at radius 2 is 1.90 bits per heavy atom. The summed E-state index contributed by atoms with van der Waals surface area (Å²) in [4.78, 5) is 36.4. The van der Waals surface area contributed by atoms with Gasteiger partial charge < -0.3 is 20.1 Å². The Morgan fingerprint density at radius 3 is 2.52 bits per heavy atom. The van der Waals surface area contributed by atoms with Crippen LogP contribution in [0.1, 0.15) is 20.7 Å². The summed E-state index contributed by atoms with van der Waals surface area (Å²) in [7, 11) is 0. The lowest BCUT2D eigenvalue weighted by Gasteiger charge is -2.28. The van der Waals surface area contributed by atoms with Crippen molar-refractivity contribution in [3.05, 3.63) is 62.7 Å². The second-order valence-corrected chi connectivity index (χ2v) is 7.28. The molecule has 1 fully saturated rings. The zero-order chi connectivity index (χ0) is 22.5. The van der Waals surface area contributed by atoms with Crippen LogP contribution in [0.25, 0.3) is 0 Å². The molecule has 0 aromatic heterocycles. The van der Waals surface area contributed by atoms with Crippen molar-refractivity contribution in [2.24, 2.45) is 0 Å². The number of halogens is 1. The number of carbonyl (C=O) groups is 2. The molecular formula is C19H17ClN4O6S. The van der Waals surface area contributed by atoms with Crippen molar-refractivity contribution in [3.63, 3.8) is 0 Å². The van der Waals surface area contributed by atoms with Gasteiger partial charge in [0.25, 0.3) is 11.6 Å². The number of hydrogen-bond donors (Lipinski definition) is 3. The van der Waals surface area contributed by atoms with Crippen molar-refractivity contribution in [2.75, 3.05) is 36.5 Å². The highest BCUT2D eigenvalue weighted by Gasteiger charge is 2.23. The van der Waals surface area contributed by atoms with E-state index in [-0.39, 0.29) is 26.9 Å². The number of benzene rings is 2. The molecule has 1 saturated heterocycles. The Bertz CT molecular complexity index is 1060. The quantitative estimate of drug-likeness (QED) is 0.346. The summed E-state index contributed by atoms with van der Waals surface area (Å²) < 4.78 is 5.27. The standard InChI is InChI=1S/C19H17ClN4O6S/c20-14-10-12(2-3-13(14)18(26)27)21-19(31)22-17(25)11-1-4-15(16(9-11)24(28)29)23-5-7-30-8-6-23/h1-4,9-10H,5-8H2,(H,26,27)(H2,21,22,25,31). The minimum atomic E-state index is -1.17. The molecule has 1 heterocycles. The van der Waals surface area contributed by atoms with E-state index in [0.29, 0.717) is 37.7 Å².